The van der Waals surface area contributed by atoms with E-state index in [0.29, 0.717) is 37.3 Å². The van der Waals surface area contributed by atoms with E-state index >= 15 is 0 Å². The SMILES string of the molecule is N=C(CCc1ccccc1)N1CCC(OC(=O)C(O)(c2ccccc2)C2CCCC2)C1. The minimum absolute atomic E-state index is 0.107. The average molecular weight is 421 g/mol. The zero-order chi connectivity index (χ0) is 21.7. The van der Waals surface area contributed by atoms with Gasteiger partial charge >= 0.3 is 5.97 Å². The van der Waals surface area contributed by atoms with Crippen LogP contribution in [0.4, 0.5) is 0 Å². The zero-order valence-corrected chi connectivity index (χ0v) is 18.0. The summed E-state index contributed by atoms with van der Waals surface area (Å²) in [5, 5.41) is 20.0. The van der Waals surface area contributed by atoms with Crippen molar-refractivity contribution in [3.63, 3.8) is 0 Å². The van der Waals surface area contributed by atoms with Gasteiger partial charge in [0, 0.05) is 25.3 Å². The first-order valence-corrected chi connectivity index (χ1v) is 11.4. The van der Waals surface area contributed by atoms with Gasteiger partial charge in [0.25, 0.3) is 0 Å². The van der Waals surface area contributed by atoms with E-state index in [1.807, 2.05) is 53.4 Å². The van der Waals surface area contributed by atoms with Crippen LogP contribution in [0.25, 0.3) is 0 Å². The maximum atomic E-state index is 13.3. The Balaban J connectivity index is 1.37. The van der Waals surface area contributed by atoms with Crippen LogP contribution >= 0.6 is 0 Å². The number of amidine groups is 1. The van der Waals surface area contributed by atoms with Gasteiger partial charge in [-0.1, -0.05) is 73.5 Å². The second kappa shape index (κ2) is 9.65. The summed E-state index contributed by atoms with van der Waals surface area (Å²) in [5.74, 6) is -0.0612. The van der Waals surface area contributed by atoms with E-state index in [1.54, 1.807) is 0 Å². The molecule has 2 atom stereocenters. The fraction of sp³-hybridized carbons (Fsp3) is 0.462. The van der Waals surface area contributed by atoms with Gasteiger partial charge in [0.15, 0.2) is 5.60 Å². The van der Waals surface area contributed by atoms with E-state index in [0.717, 1.165) is 32.1 Å². The molecule has 1 aliphatic carbocycles. The molecule has 2 N–H and O–H groups in total. The van der Waals surface area contributed by atoms with Crippen LogP contribution in [0.5, 0.6) is 0 Å². The van der Waals surface area contributed by atoms with Crippen molar-refractivity contribution in [3.8, 4) is 0 Å². The summed E-state index contributed by atoms with van der Waals surface area (Å²) < 4.78 is 5.86. The van der Waals surface area contributed by atoms with Gasteiger partial charge in [-0.2, -0.15) is 0 Å². The van der Waals surface area contributed by atoms with E-state index in [4.69, 9.17) is 10.1 Å². The van der Waals surface area contributed by atoms with Crippen LogP contribution in [0.3, 0.4) is 0 Å². The Morgan fingerprint density at radius 3 is 2.35 bits per heavy atom. The number of nitrogens with one attached hydrogen (secondary N) is 1. The van der Waals surface area contributed by atoms with Crippen LogP contribution in [-0.2, 0) is 21.6 Å². The average Bonchev–Trinajstić information content (AvgIpc) is 3.51. The fourth-order valence-electron chi connectivity index (χ4n) is 4.93. The molecule has 31 heavy (non-hydrogen) atoms. The van der Waals surface area contributed by atoms with Gasteiger partial charge in [-0.3, -0.25) is 5.41 Å². The number of rotatable bonds is 7. The number of ether oxygens (including phenoxy) is 1. The molecule has 0 spiro atoms. The highest BCUT2D eigenvalue weighted by Crippen LogP contribution is 2.42. The van der Waals surface area contributed by atoms with Crippen molar-refractivity contribution in [3.05, 3.63) is 71.8 Å². The molecule has 0 radical (unpaired) electrons. The lowest BCUT2D eigenvalue weighted by Crippen LogP contribution is -2.45. The van der Waals surface area contributed by atoms with Gasteiger partial charge in [0.1, 0.15) is 6.10 Å². The van der Waals surface area contributed by atoms with Gasteiger partial charge in [-0.15, -0.1) is 0 Å². The first kappa shape index (κ1) is 21.6. The summed E-state index contributed by atoms with van der Waals surface area (Å²) in [5.41, 5.74) is 0.252. The smallest absolute Gasteiger partial charge is 0.343 e. The zero-order valence-electron chi connectivity index (χ0n) is 18.0. The number of hydrogen-bond acceptors (Lipinski definition) is 4. The molecule has 1 saturated carbocycles. The van der Waals surface area contributed by atoms with Crippen molar-refractivity contribution >= 4 is 11.8 Å². The third-order valence-electron chi connectivity index (χ3n) is 6.76. The van der Waals surface area contributed by atoms with Crippen LogP contribution < -0.4 is 0 Å². The summed E-state index contributed by atoms with van der Waals surface area (Å²) in [6.45, 7) is 1.23. The molecule has 1 aliphatic heterocycles. The van der Waals surface area contributed by atoms with Crippen molar-refractivity contribution in [2.45, 2.75) is 56.7 Å². The maximum Gasteiger partial charge on any atom is 0.343 e. The Morgan fingerprint density at radius 2 is 1.68 bits per heavy atom. The number of likely N-dealkylation sites (tertiary alicyclic amines) is 1. The van der Waals surface area contributed by atoms with Crippen molar-refractivity contribution in [1.29, 1.82) is 5.41 Å². The highest BCUT2D eigenvalue weighted by atomic mass is 16.6. The Bertz CT molecular complexity index is 880. The van der Waals surface area contributed by atoms with Gasteiger partial charge in [-0.25, -0.2) is 4.79 Å². The quantitative estimate of drug-likeness (QED) is 0.398. The molecule has 2 aromatic carbocycles. The van der Waals surface area contributed by atoms with Gasteiger partial charge in [-0.05, 0) is 30.4 Å². The van der Waals surface area contributed by atoms with Gasteiger partial charge in [0.05, 0.1) is 12.4 Å². The normalized spacial score (nSPS) is 21.1. The molecule has 164 valence electrons. The van der Waals surface area contributed by atoms with E-state index < -0.39 is 11.6 Å². The van der Waals surface area contributed by atoms with Gasteiger partial charge < -0.3 is 14.7 Å². The fourth-order valence-corrected chi connectivity index (χ4v) is 4.93. The van der Waals surface area contributed by atoms with Crippen molar-refractivity contribution in [1.82, 2.24) is 4.90 Å². The van der Waals surface area contributed by atoms with E-state index in [-0.39, 0.29) is 12.0 Å². The van der Waals surface area contributed by atoms with Crippen molar-refractivity contribution in [2.24, 2.45) is 5.92 Å². The van der Waals surface area contributed by atoms with Crippen LogP contribution in [-0.4, -0.2) is 41.0 Å². The lowest BCUT2D eigenvalue weighted by molar-refractivity contribution is -0.178. The molecule has 2 aromatic rings. The number of carbonyl (C=O) groups excluding carboxylic acids is 1. The largest absolute Gasteiger partial charge is 0.458 e. The van der Waals surface area contributed by atoms with Crippen LogP contribution in [0.2, 0.25) is 0 Å². The standard InChI is InChI=1S/C26H32N2O3/c27-24(16-15-20-9-3-1-4-10-20)28-18-17-23(19-28)31-25(29)26(30,22-13-7-8-14-22)21-11-5-2-6-12-21/h1-6,9-12,22-23,27,30H,7-8,13-19H2. The molecule has 2 unspecified atom stereocenters. The first-order valence-electron chi connectivity index (χ1n) is 11.4. The third kappa shape index (κ3) is 4.82. The summed E-state index contributed by atoms with van der Waals surface area (Å²) in [7, 11) is 0. The minimum atomic E-state index is -1.59. The third-order valence-corrected chi connectivity index (χ3v) is 6.76. The topological polar surface area (TPSA) is 73.6 Å². The summed E-state index contributed by atoms with van der Waals surface area (Å²) >= 11 is 0. The van der Waals surface area contributed by atoms with Crippen LogP contribution in [0.15, 0.2) is 60.7 Å². The predicted molar refractivity (Wildman–Crippen MR) is 121 cm³/mol. The lowest BCUT2D eigenvalue weighted by atomic mass is 9.80. The monoisotopic (exact) mass is 420 g/mol. The van der Waals surface area contributed by atoms with Crippen LogP contribution in [0, 0.1) is 11.3 Å². The molecule has 0 amide bonds. The Morgan fingerprint density at radius 1 is 1.03 bits per heavy atom. The van der Waals surface area contributed by atoms with E-state index in [9.17, 15) is 9.90 Å². The van der Waals surface area contributed by atoms with Crippen LogP contribution in [0.1, 0.15) is 49.7 Å². The Labute approximate surface area is 184 Å². The number of benzene rings is 2. The molecule has 5 heteroatoms. The number of esters is 1. The number of aliphatic hydroxyl groups is 1. The van der Waals surface area contributed by atoms with Crippen molar-refractivity contribution in [2.75, 3.05) is 13.1 Å². The molecule has 1 saturated heterocycles. The van der Waals surface area contributed by atoms with E-state index in [1.165, 1.54) is 5.56 Å². The summed E-state index contributed by atoms with van der Waals surface area (Å²) in [6.07, 6.45) is 5.63. The molecule has 4 rings (SSSR count). The molecular formula is C26H32N2O3. The Hall–Kier alpha value is -2.66. The maximum absolute atomic E-state index is 13.3. The highest BCUT2D eigenvalue weighted by molar-refractivity contribution is 5.82. The number of aryl methyl sites for hydroxylation is 1. The lowest BCUT2D eigenvalue weighted by Gasteiger charge is -2.33. The molecule has 0 bridgehead atoms. The molecule has 1 heterocycles. The second-order valence-electron chi connectivity index (χ2n) is 8.81. The molecule has 2 aliphatic rings. The molecule has 5 nitrogen and oxygen atoms in total. The molecule has 0 aromatic heterocycles. The van der Waals surface area contributed by atoms with Gasteiger partial charge in [0.2, 0.25) is 0 Å². The van der Waals surface area contributed by atoms with E-state index in [2.05, 4.69) is 12.1 Å². The predicted octanol–water partition coefficient (Wildman–Crippen LogP) is 4.29. The first-order chi connectivity index (χ1) is 15.1. The van der Waals surface area contributed by atoms with Crippen molar-refractivity contribution < 1.29 is 14.6 Å². The number of carbonyl (C=O) groups is 1. The molecular weight excluding hydrogens is 388 g/mol. The Kier molecular flexibility index (Phi) is 6.71. The summed E-state index contributed by atoms with van der Waals surface area (Å²) in [6, 6.07) is 19.4. The minimum Gasteiger partial charge on any atom is -0.458 e. The second-order valence-corrected chi connectivity index (χ2v) is 8.81. The summed E-state index contributed by atoms with van der Waals surface area (Å²) in [4.78, 5) is 15.2. The number of hydrogen-bond donors (Lipinski definition) is 2. The number of nitrogens with zero attached hydrogens (tertiary/aromatic N) is 1. The molecule has 2 fully saturated rings. The highest BCUT2D eigenvalue weighted by Gasteiger charge is 2.48.